The van der Waals surface area contributed by atoms with Crippen molar-refractivity contribution in [1.29, 1.82) is 0 Å². The molecule has 2 heteroatoms. The summed E-state index contributed by atoms with van der Waals surface area (Å²) in [6, 6.07) is 0.454. The van der Waals surface area contributed by atoms with Gasteiger partial charge in [-0.1, -0.05) is 33.1 Å². The molecule has 0 aromatic carbocycles. The fraction of sp³-hybridized carbons (Fsp3) is 0.917. The van der Waals surface area contributed by atoms with Crippen LogP contribution in [0.1, 0.15) is 58.8 Å². The highest BCUT2D eigenvalue weighted by atomic mass is 16.1. The van der Waals surface area contributed by atoms with Gasteiger partial charge in [-0.05, 0) is 25.2 Å². The highest BCUT2D eigenvalue weighted by molar-refractivity contribution is 5.76. The standard InChI is InChI=1S/C12H23NO/c1-3-10(4-2)9-11-7-5-6-8-12(14)13-11/h10-11H,3-9H2,1-2H3,(H,13,14). The van der Waals surface area contributed by atoms with Gasteiger partial charge in [-0.3, -0.25) is 4.79 Å². The van der Waals surface area contributed by atoms with E-state index in [9.17, 15) is 4.79 Å². The zero-order valence-electron chi connectivity index (χ0n) is 9.51. The lowest BCUT2D eigenvalue weighted by Crippen LogP contribution is -2.34. The third kappa shape index (κ3) is 3.69. The van der Waals surface area contributed by atoms with Crippen LogP contribution >= 0.6 is 0 Å². The molecule has 1 N–H and O–H groups in total. The van der Waals surface area contributed by atoms with Crippen LogP contribution in [0.25, 0.3) is 0 Å². The van der Waals surface area contributed by atoms with Crippen molar-refractivity contribution in [2.45, 2.75) is 64.8 Å². The summed E-state index contributed by atoms with van der Waals surface area (Å²) in [4.78, 5) is 11.3. The van der Waals surface area contributed by atoms with E-state index in [2.05, 4.69) is 19.2 Å². The molecule has 1 saturated heterocycles. The van der Waals surface area contributed by atoms with Crippen LogP contribution in [0, 0.1) is 5.92 Å². The second kappa shape index (κ2) is 6.05. The minimum atomic E-state index is 0.262. The lowest BCUT2D eigenvalue weighted by molar-refractivity contribution is -0.121. The first-order valence-electron chi connectivity index (χ1n) is 6.05. The van der Waals surface area contributed by atoms with E-state index in [4.69, 9.17) is 0 Å². The predicted molar refractivity (Wildman–Crippen MR) is 59.1 cm³/mol. The SMILES string of the molecule is CCC(CC)CC1CCCCC(=O)N1. The highest BCUT2D eigenvalue weighted by Gasteiger charge is 2.18. The lowest BCUT2D eigenvalue weighted by atomic mass is 9.93. The number of amides is 1. The van der Waals surface area contributed by atoms with Gasteiger partial charge in [0.1, 0.15) is 0 Å². The van der Waals surface area contributed by atoms with Gasteiger partial charge in [0.05, 0.1) is 0 Å². The topological polar surface area (TPSA) is 29.1 Å². The number of hydrogen-bond donors (Lipinski definition) is 1. The van der Waals surface area contributed by atoms with Crippen molar-refractivity contribution >= 4 is 5.91 Å². The van der Waals surface area contributed by atoms with Crippen molar-refractivity contribution in [3.63, 3.8) is 0 Å². The maximum absolute atomic E-state index is 11.3. The summed E-state index contributed by atoms with van der Waals surface area (Å²) >= 11 is 0. The molecule has 1 rings (SSSR count). The Bertz CT molecular complexity index is 175. The normalized spacial score (nSPS) is 23.4. The van der Waals surface area contributed by atoms with Crippen LogP contribution in [-0.2, 0) is 4.79 Å². The molecule has 1 amide bonds. The largest absolute Gasteiger partial charge is 0.353 e. The molecule has 2 nitrogen and oxygen atoms in total. The molecule has 82 valence electrons. The minimum Gasteiger partial charge on any atom is -0.353 e. The van der Waals surface area contributed by atoms with E-state index in [0.717, 1.165) is 18.8 Å². The molecule has 0 aromatic heterocycles. The zero-order valence-corrected chi connectivity index (χ0v) is 9.51. The minimum absolute atomic E-state index is 0.262. The van der Waals surface area contributed by atoms with Gasteiger partial charge in [0.15, 0.2) is 0 Å². The number of carbonyl (C=O) groups excluding carboxylic acids is 1. The molecule has 0 bridgehead atoms. The van der Waals surface area contributed by atoms with Gasteiger partial charge in [0.25, 0.3) is 0 Å². The van der Waals surface area contributed by atoms with Crippen LogP contribution in [0.4, 0.5) is 0 Å². The maximum atomic E-state index is 11.3. The Morgan fingerprint density at radius 1 is 1.36 bits per heavy atom. The summed E-state index contributed by atoms with van der Waals surface area (Å²) in [5.74, 6) is 1.05. The van der Waals surface area contributed by atoms with Crippen molar-refractivity contribution in [3.05, 3.63) is 0 Å². The average molecular weight is 197 g/mol. The van der Waals surface area contributed by atoms with E-state index in [-0.39, 0.29) is 5.91 Å². The fourth-order valence-electron chi connectivity index (χ4n) is 2.25. The van der Waals surface area contributed by atoms with Gasteiger partial charge in [-0.15, -0.1) is 0 Å². The quantitative estimate of drug-likeness (QED) is 0.737. The smallest absolute Gasteiger partial charge is 0.220 e. The Morgan fingerprint density at radius 3 is 2.71 bits per heavy atom. The highest BCUT2D eigenvalue weighted by Crippen LogP contribution is 2.20. The molecule has 0 spiro atoms. The molecule has 0 radical (unpaired) electrons. The maximum Gasteiger partial charge on any atom is 0.220 e. The Labute approximate surface area is 87.5 Å². The van der Waals surface area contributed by atoms with Crippen LogP contribution in [-0.4, -0.2) is 11.9 Å². The van der Waals surface area contributed by atoms with E-state index in [1.165, 1.54) is 32.1 Å². The van der Waals surface area contributed by atoms with Crippen molar-refractivity contribution in [2.24, 2.45) is 5.92 Å². The Hall–Kier alpha value is -0.530. The third-order valence-electron chi connectivity index (χ3n) is 3.34. The van der Waals surface area contributed by atoms with E-state index in [0.29, 0.717) is 6.04 Å². The Kier molecular flexibility index (Phi) is 4.99. The van der Waals surface area contributed by atoms with E-state index < -0.39 is 0 Å². The first-order chi connectivity index (χ1) is 6.76. The summed E-state index contributed by atoms with van der Waals surface area (Å²) in [5, 5.41) is 3.14. The number of hydrogen-bond acceptors (Lipinski definition) is 1. The summed E-state index contributed by atoms with van der Waals surface area (Å²) in [5.41, 5.74) is 0. The number of nitrogens with one attached hydrogen (secondary N) is 1. The summed E-state index contributed by atoms with van der Waals surface area (Å²) in [7, 11) is 0. The molecule has 1 atom stereocenters. The first-order valence-corrected chi connectivity index (χ1v) is 6.05. The molecular weight excluding hydrogens is 174 g/mol. The number of carbonyl (C=O) groups is 1. The second-order valence-electron chi connectivity index (χ2n) is 4.43. The van der Waals surface area contributed by atoms with Crippen molar-refractivity contribution in [2.75, 3.05) is 0 Å². The molecule has 0 aliphatic carbocycles. The fourth-order valence-corrected chi connectivity index (χ4v) is 2.25. The van der Waals surface area contributed by atoms with Crippen LogP contribution in [0.3, 0.4) is 0 Å². The van der Waals surface area contributed by atoms with Gasteiger partial charge >= 0.3 is 0 Å². The molecule has 1 fully saturated rings. The molecule has 1 unspecified atom stereocenters. The van der Waals surface area contributed by atoms with Crippen LogP contribution in [0.5, 0.6) is 0 Å². The summed E-state index contributed by atoms with van der Waals surface area (Å²) in [6.45, 7) is 4.49. The monoisotopic (exact) mass is 197 g/mol. The Morgan fingerprint density at radius 2 is 2.07 bits per heavy atom. The molecule has 14 heavy (non-hydrogen) atoms. The van der Waals surface area contributed by atoms with Crippen molar-refractivity contribution in [1.82, 2.24) is 5.32 Å². The molecule has 0 saturated carbocycles. The van der Waals surface area contributed by atoms with Gasteiger partial charge in [-0.25, -0.2) is 0 Å². The first kappa shape index (κ1) is 11.5. The zero-order chi connectivity index (χ0) is 10.4. The third-order valence-corrected chi connectivity index (χ3v) is 3.34. The Balaban J connectivity index is 2.37. The van der Waals surface area contributed by atoms with Gasteiger partial charge < -0.3 is 5.32 Å². The molecule has 0 aromatic rings. The van der Waals surface area contributed by atoms with Crippen molar-refractivity contribution in [3.8, 4) is 0 Å². The molecule has 1 heterocycles. The van der Waals surface area contributed by atoms with Gasteiger partial charge in [0, 0.05) is 12.5 Å². The summed E-state index contributed by atoms with van der Waals surface area (Å²) in [6.07, 6.45) is 7.86. The van der Waals surface area contributed by atoms with E-state index in [1.807, 2.05) is 0 Å². The second-order valence-corrected chi connectivity index (χ2v) is 4.43. The molecular formula is C12H23NO. The van der Waals surface area contributed by atoms with Crippen LogP contribution in [0.2, 0.25) is 0 Å². The number of rotatable bonds is 4. The summed E-state index contributed by atoms with van der Waals surface area (Å²) < 4.78 is 0. The van der Waals surface area contributed by atoms with Crippen molar-refractivity contribution < 1.29 is 4.79 Å². The predicted octanol–water partition coefficient (Wildman–Crippen LogP) is 2.87. The molecule has 1 aliphatic rings. The lowest BCUT2D eigenvalue weighted by Gasteiger charge is -2.21. The molecule has 1 aliphatic heterocycles. The van der Waals surface area contributed by atoms with Crippen LogP contribution in [0.15, 0.2) is 0 Å². The van der Waals surface area contributed by atoms with E-state index >= 15 is 0 Å². The van der Waals surface area contributed by atoms with Crippen LogP contribution < -0.4 is 5.32 Å². The van der Waals surface area contributed by atoms with E-state index in [1.54, 1.807) is 0 Å². The van der Waals surface area contributed by atoms with Gasteiger partial charge in [0.2, 0.25) is 5.91 Å². The van der Waals surface area contributed by atoms with Gasteiger partial charge in [-0.2, -0.15) is 0 Å². The average Bonchev–Trinajstić information content (AvgIpc) is 2.39.